The van der Waals surface area contributed by atoms with E-state index in [1.807, 2.05) is 0 Å². The molecule has 1 unspecified atom stereocenters. The number of carbonyl (C=O) groups excluding carboxylic acids is 1. The molecule has 0 aliphatic rings. The van der Waals surface area contributed by atoms with E-state index in [1.54, 1.807) is 0 Å². The first-order valence-corrected chi connectivity index (χ1v) is 6.69. The van der Waals surface area contributed by atoms with E-state index in [9.17, 15) is 61.9 Å². The van der Waals surface area contributed by atoms with E-state index >= 15 is 0 Å². The van der Waals surface area contributed by atoms with Crippen LogP contribution in [0.5, 0.6) is 0 Å². The predicted octanol–water partition coefficient (Wildman–Crippen LogP) is 5.60. The summed E-state index contributed by atoms with van der Waals surface area (Å²) in [7, 11) is 0. The molecule has 0 aliphatic heterocycles. The van der Waals surface area contributed by atoms with Crippen LogP contribution < -0.4 is 0 Å². The third-order valence-electron chi connectivity index (χ3n) is 3.30. The lowest BCUT2D eigenvalue weighted by Gasteiger charge is -2.40. The Hall–Kier alpha value is -0.890. The van der Waals surface area contributed by atoms with Crippen molar-refractivity contribution in [2.75, 3.05) is 0 Å². The maximum Gasteiger partial charge on any atom is 0.389 e. The average molecular weight is 436 g/mol. The van der Waals surface area contributed by atoms with Crippen molar-refractivity contribution in [2.45, 2.75) is 55.6 Å². The Morgan fingerprint density at radius 2 is 1.12 bits per heavy atom. The second-order valence-electron chi connectivity index (χ2n) is 5.23. The minimum atomic E-state index is -7.52. The van der Waals surface area contributed by atoms with Crippen molar-refractivity contribution in [1.82, 2.24) is 0 Å². The Kier molecular flexibility index (Phi) is 6.69. The van der Waals surface area contributed by atoms with Gasteiger partial charge in [-0.05, 0) is 6.92 Å². The van der Waals surface area contributed by atoms with Crippen LogP contribution in [0.15, 0.2) is 0 Å². The number of carbonyl (C=O) groups is 1. The van der Waals surface area contributed by atoms with Crippen molar-refractivity contribution < 1.29 is 61.9 Å². The molecule has 1 nitrogen and oxygen atoms in total. The van der Waals surface area contributed by atoms with Crippen molar-refractivity contribution in [1.29, 1.82) is 0 Å². The van der Waals surface area contributed by atoms with E-state index in [0.29, 0.717) is 0 Å². The summed E-state index contributed by atoms with van der Waals surface area (Å²) in [5, 5.41) is -2.15. The first kappa shape index (κ1) is 25.1. The molecule has 0 rings (SSSR count). The summed E-state index contributed by atoms with van der Waals surface area (Å²) in [6, 6.07) is 0. The maximum absolute atomic E-state index is 13.4. The van der Waals surface area contributed by atoms with Gasteiger partial charge in [0.25, 0.3) is 0 Å². The summed E-state index contributed by atoms with van der Waals surface area (Å²) >= 11 is 2.65. The molecule has 0 heterocycles. The first-order valence-electron chi connectivity index (χ1n) is 6.25. The highest BCUT2D eigenvalue weighted by atomic mass is 32.1. The van der Waals surface area contributed by atoms with E-state index in [-0.39, 0.29) is 6.92 Å². The van der Waals surface area contributed by atoms with Gasteiger partial charge in [0.1, 0.15) is 0 Å². The number of hydrogen-bond donors (Lipinski definition) is 1. The highest BCUT2D eigenvalue weighted by Gasteiger charge is 2.86. The topological polar surface area (TPSA) is 17.1 Å². The molecular formula is C11H9F13OS. The molecule has 0 spiro atoms. The van der Waals surface area contributed by atoms with Crippen LogP contribution in [0.2, 0.25) is 0 Å². The fourth-order valence-electron chi connectivity index (χ4n) is 1.52. The molecule has 0 N–H and O–H groups in total. The van der Waals surface area contributed by atoms with Crippen LogP contribution in [0.3, 0.4) is 0 Å². The van der Waals surface area contributed by atoms with Gasteiger partial charge in [-0.3, -0.25) is 4.79 Å². The third-order valence-corrected chi connectivity index (χ3v) is 3.69. The van der Waals surface area contributed by atoms with Gasteiger partial charge in [-0.25, -0.2) is 0 Å². The summed E-state index contributed by atoms with van der Waals surface area (Å²) in [5.41, 5.74) is 0. The molecule has 0 radical (unpaired) electrons. The maximum atomic E-state index is 13.4. The number of alkyl halides is 13. The lowest BCUT2D eigenvalue weighted by atomic mass is 9.88. The van der Waals surface area contributed by atoms with Crippen molar-refractivity contribution >= 4 is 17.7 Å². The largest absolute Gasteiger partial charge is 0.389 e. The summed E-state index contributed by atoms with van der Waals surface area (Å²) < 4.78 is 168. The summed E-state index contributed by atoms with van der Waals surface area (Å²) in [6.07, 6.45) is -11.4. The minimum Gasteiger partial charge on any atom is -0.287 e. The Bertz CT molecular complexity index is 525. The second kappa shape index (κ2) is 6.93. The third kappa shape index (κ3) is 4.16. The zero-order valence-corrected chi connectivity index (χ0v) is 13.2. The Labute approximate surface area is 142 Å². The number of hydrogen-bond acceptors (Lipinski definition) is 1. The van der Waals surface area contributed by atoms with Gasteiger partial charge in [0.15, 0.2) is 5.12 Å². The molecule has 0 aliphatic carbocycles. The van der Waals surface area contributed by atoms with Gasteiger partial charge in [-0.2, -0.15) is 57.1 Å². The molecule has 0 aromatic carbocycles. The van der Waals surface area contributed by atoms with Gasteiger partial charge in [0.2, 0.25) is 0 Å². The molecule has 0 amide bonds. The zero-order chi connectivity index (χ0) is 21.6. The molecule has 156 valence electrons. The molecule has 0 saturated carbocycles. The van der Waals surface area contributed by atoms with Gasteiger partial charge in [0, 0.05) is 12.8 Å². The normalized spacial score (nSPS) is 16.6. The van der Waals surface area contributed by atoms with Crippen LogP contribution in [0.1, 0.15) is 19.8 Å². The van der Waals surface area contributed by atoms with Crippen LogP contribution >= 0.6 is 12.6 Å². The van der Waals surface area contributed by atoms with Gasteiger partial charge in [-0.1, -0.05) is 0 Å². The summed E-state index contributed by atoms with van der Waals surface area (Å²) in [5.74, 6) is -38.2. The molecular weight excluding hydrogens is 427 g/mol. The van der Waals surface area contributed by atoms with E-state index in [0.717, 1.165) is 0 Å². The smallest absolute Gasteiger partial charge is 0.287 e. The molecule has 0 fully saturated rings. The minimum absolute atomic E-state index is 0.112. The summed E-state index contributed by atoms with van der Waals surface area (Å²) in [6.45, 7) is -0.112. The standard InChI is InChI=1S/C11H9F13OS/c1-4(5(25)26)8(17,18)10(21,22)11(23,24)9(19,20)6(12,13)2-3-7(14,15)16/h4H,2-3H2,1H3,(H,25,26). The predicted molar refractivity (Wildman–Crippen MR) is 63.2 cm³/mol. The molecule has 15 heteroatoms. The lowest BCUT2D eigenvalue weighted by Crippen LogP contribution is -2.68. The van der Waals surface area contributed by atoms with E-state index in [1.165, 1.54) is 0 Å². The fraction of sp³-hybridized carbons (Fsp3) is 0.909. The van der Waals surface area contributed by atoms with Gasteiger partial charge < -0.3 is 0 Å². The second-order valence-corrected chi connectivity index (χ2v) is 5.67. The lowest BCUT2D eigenvalue weighted by molar-refractivity contribution is -0.406. The van der Waals surface area contributed by atoms with Crippen LogP contribution in [0.25, 0.3) is 0 Å². The van der Waals surface area contributed by atoms with Crippen molar-refractivity contribution in [3.8, 4) is 0 Å². The van der Waals surface area contributed by atoms with Crippen molar-refractivity contribution in [3.05, 3.63) is 0 Å². The molecule has 1 atom stereocenters. The quantitative estimate of drug-likeness (QED) is 0.388. The fourth-order valence-corrected chi connectivity index (χ4v) is 1.68. The van der Waals surface area contributed by atoms with Crippen molar-refractivity contribution in [2.24, 2.45) is 5.92 Å². The van der Waals surface area contributed by atoms with E-state index in [2.05, 4.69) is 12.6 Å². The van der Waals surface area contributed by atoms with Gasteiger partial charge in [0.05, 0.1) is 5.92 Å². The summed E-state index contributed by atoms with van der Waals surface area (Å²) in [4.78, 5) is 10.6. The Morgan fingerprint density at radius 3 is 1.42 bits per heavy atom. The SMILES string of the molecule is CC(C(=O)S)C(F)(F)C(F)(F)C(F)(F)C(F)(F)C(F)(F)CCC(F)(F)F. The number of halogens is 13. The van der Waals surface area contributed by atoms with Crippen LogP contribution in [-0.4, -0.2) is 40.9 Å². The van der Waals surface area contributed by atoms with E-state index < -0.39 is 59.7 Å². The molecule has 0 saturated heterocycles. The Morgan fingerprint density at radius 1 is 0.731 bits per heavy atom. The average Bonchev–Trinajstić information content (AvgIpc) is 2.42. The molecule has 0 aromatic heterocycles. The molecule has 0 bridgehead atoms. The van der Waals surface area contributed by atoms with Crippen molar-refractivity contribution in [3.63, 3.8) is 0 Å². The van der Waals surface area contributed by atoms with Crippen LogP contribution in [0, 0.1) is 5.92 Å². The Balaban J connectivity index is 6.05. The monoisotopic (exact) mass is 436 g/mol. The highest BCUT2D eigenvalue weighted by Crippen LogP contribution is 2.59. The number of rotatable bonds is 8. The van der Waals surface area contributed by atoms with Crippen LogP contribution in [0.4, 0.5) is 57.1 Å². The first-order chi connectivity index (χ1) is 11.1. The van der Waals surface area contributed by atoms with Gasteiger partial charge in [-0.15, -0.1) is 12.6 Å². The van der Waals surface area contributed by atoms with E-state index in [4.69, 9.17) is 0 Å². The molecule has 0 aromatic rings. The molecule has 26 heavy (non-hydrogen) atoms. The highest BCUT2D eigenvalue weighted by molar-refractivity contribution is 7.96. The number of thiol groups is 1. The van der Waals surface area contributed by atoms with Gasteiger partial charge >= 0.3 is 35.8 Å². The van der Waals surface area contributed by atoms with Crippen LogP contribution in [-0.2, 0) is 4.79 Å². The zero-order valence-electron chi connectivity index (χ0n) is 12.3.